The number of nitrogens with zero attached hydrogens (tertiary/aromatic N) is 3. The van der Waals surface area contributed by atoms with Crippen molar-refractivity contribution in [1.29, 1.82) is 0 Å². The lowest BCUT2D eigenvalue weighted by molar-refractivity contribution is 0.0219. The van der Waals surface area contributed by atoms with E-state index in [1.807, 2.05) is 4.72 Å². The van der Waals surface area contributed by atoms with Gasteiger partial charge >= 0.3 is 0 Å². The Labute approximate surface area is 254 Å². The topological polar surface area (TPSA) is 118 Å². The molecule has 14 heteroatoms. The zero-order chi connectivity index (χ0) is 29.9. The highest BCUT2D eigenvalue weighted by molar-refractivity contribution is 7.92. The number of ether oxygens (including phenoxy) is 1. The highest BCUT2D eigenvalue weighted by Crippen LogP contribution is 2.40. The lowest BCUT2D eigenvalue weighted by atomic mass is 10.0. The first-order valence-electron chi connectivity index (χ1n) is 13.6. The third kappa shape index (κ3) is 7.64. The minimum atomic E-state index is -4.58. The molecule has 0 spiro atoms. The molecule has 43 heavy (non-hydrogen) atoms. The van der Waals surface area contributed by atoms with Gasteiger partial charge in [-0.1, -0.05) is 19.1 Å². The Kier molecular flexibility index (Phi) is 9.98. The predicted molar refractivity (Wildman–Crippen MR) is 163 cm³/mol. The number of alkyl halides is 2. The van der Waals surface area contributed by atoms with E-state index in [4.69, 9.17) is 4.74 Å². The third-order valence-corrected chi connectivity index (χ3v) is 8.32. The van der Waals surface area contributed by atoms with Crippen molar-refractivity contribution in [3.8, 4) is 22.9 Å². The van der Waals surface area contributed by atoms with Gasteiger partial charge in [0, 0.05) is 42.2 Å². The van der Waals surface area contributed by atoms with Gasteiger partial charge in [0.2, 0.25) is 21.9 Å². The van der Waals surface area contributed by atoms with Crippen molar-refractivity contribution in [3.63, 3.8) is 0 Å². The minimum Gasteiger partial charge on any atom is -0.437 e. The summed E-state index contributed by atoms with van der Waals surface area (Å²) in [4.78, 5) is 13.4. The molecule has 2 aromatic heterocycles. The maximum atomic E-state index is 14.9. The maximum Gasteiger partial charge on any atom is 0.263 e. The van der Waals surface area contributed by atoms with Crippen LogP contribution in [0.5, 0.6) is 11.6 Å². The number of fused-ring (bicyclic) bond motifs is 1. The Morgan fingerprint density at radius 3 is 2.63 bits per heavy atom. The van der Waals surface area contributed by atoms with Crippen molar-refractivity contribution in [3.05, 3.63) is 66.2 Å². The van der Waals surface area contributed by atoms with Crippen LogP contribution in [0.1, 0.15) is 31.7 Å². The smallest absolute Gasteiger partial charge is 0.263 e. The van der Waals surface area contributed by atoms with E-state index in [2.05, 4.69) is 25.6 Å². The molecule has 0 bridgehead atoms. The Balaban J connectivity index is 0.00000423. The van der Waals surface area contributed by atoms with Gasteiger partial charge < -0.3 is 15.4 Å². The van der Waals surface area contributed by atoms with E-state index in [9.17, 15) is 21.6 Å². The van der Waals surface area contributed by atoms with Gasteiger partial charge in [0.15, 0.2) is 0 Å². The zero-order valence-corrected chi connectivity index (χ0v) is 25.2. The van der Waals surface area contributed by atoms with Gasteiger partial charge in [-0.3, -0.25) is 4.72 Å². The monoisotopic (exact) mass is 636 g/mol. The Hall–Kier alpha value is -3.68. The number of aryl methyl sites for hydroxylation is 1. The molecular formula is C29H32ClF3N6O3S. The molecule has 1 saturated heterocycles. The Morgan fingerprint density at radius 2 is 1.88 bits per heavy atom. The van der Waals surface area contributed by atoms with Crippen molar-refractivity contribution in [2.24, 2.45) is 0 Å². The maximum absolute atomic E-state index is 14.9. The number of sulfonamides is 1. The third-order valence-electron chi connectivity index (χ3n) is 7.00. The number of pyridine rings is 1. The van der Waals surface area contributed by atoms with Crippen molar-refractivity contribution in [2.75, 3.05) is 28.9 Å². The standard InChI is InChI=1S/C29H31F3N6O3S.ClH/c1-3-29(31,32)17-42(39,40)38-25-20-9-8-18(2)26(21(20)10-11-23(25)30)41-27-22(7-5-14-34-27)24-12-15-35-28(37-24)36-19-6-4-13-33-16-19;/h5,7-12,14-15,19,33,38H,3-4,6,13,16-17H2,1-2H3,(H,35,36,37);1H. The number of hydrogen-bond acceptors (Lipinski definition) is 8. The fourth-order valence-corrected chi connectivity index (χ4v) is 6.12. The van der Waals surface area contributed by atoms with Gasteiger partial charge in [-0.05, 0) is 62.2 Å². The van der Waals surface area contributed by atoms with E-state index in [1.54, 1.807) is 43.6 Å². The number of nitrogens with one attached hydrogen (secondary N) is 3. The summed E-state index contributed by atoms with van der Waals surface area (Å²) in [5, 5.41) is 7.21. The molecule has 9 nitrogen and oxygen atoms in total. The van der Waals surface area contributed by atoms with Crippen LogP contribution in [0.3, 0.4) is 0 Å². The molecule has 0 amide bonds. The van der Waals surface area contributed by atoms with Crippen molar-refractivity contribution < 1.29 is 26.3 Å². The normalized spacial score (nSPS) is 15.5. The van der Waals surface area contributed by atoms with E-state index < -0.39 is 39.6 Å². The minimum absolute atomic E-state index is 0. The lowest BCUT2D eigenvalue weighted by Gasteiger charge is -2.23. The number of piperidine rings is 1. The molecule has 0 saturated carbocycles. The van der Waals surface area contributed by atoms with Crippen molar-refractivity contribution in [1.82, 2.24) is 20.3 Å². The van der Waals surface area contributed by atoms with Gasteiger partial charge in [-0.2, -0.15) is 0 Å². The number of aromatic nitrogens is 3. The average molecular weight is 637 g/mol. The van der Waals surface area contributed by atoms with Crippen molar-refractivity contribution in [2.45, 2.75) is 45.1 Å². The Morgan fingerprint density at radius 1 is 1.09 bits per heavy atom. The predicted octanol–water partition coefficient (Wildman–Crippen LogP) is 6.30. The first-order valence-corrected chi connectivity index (χ1v) is 15.2. The van der Waals surface area contributed by atoms with Crippen LogP contribution in [0.2, 0.25) is 0 Å². The van der Waals surface area contributed by atoms with E-state index in [0.29, 0.717) is 33.9 Å². The molecule has 1 aliphatic heterocycles. The summed E-state index contributed by atoms with van der Waals surface area (Å²) in [5.74, 6) is -4.85. The molecule has 3 N–H and O–H groups in total. The molecule has 0 radical (unpaired) electrons. The van der Waals surface area contributed by atoms with E-state index in [-0.39, 0.29) is 29.7 Å². The summed E-state index contributed by atoms with van der Waals surface area (Å²) in [6, 6.07) is 11.1. The van der Waals surface area contributed by atoms with Gasteiger partial charge in [-0.25, -0.2) is 36.5 Å². The number of hydrogen-bond donors (Lipinski definition) is 3. The molecule has 230 valence electrons. The average Bonchev–Trinajstić information content (AvgIpc) is 2.96. The molecule has 1 aliphatic rings. The molecule has 0 aliphatic carbocycles. The number of anilines is 2. The van der Waals surface area contributed by atoms with Crippen molar-refractivity contribution >= 4 is 44.8 Å². The van der Waals surface area contributed by atoms with E-state index in [0.717, 1.165) is 32.0 Å². The van der Waals surface area contributed by atoms with Crippen LogP contribution < -0.4 is 20.1 Å². The van der Waals surface area contributed by atoms with Crippen LogP contribution in [0.15, 0.2) is 54.9 Å². The lowest BCUT2D eigenvalue weighted by Crippen LogP contribution is -2.38. The van der Waals surface area contributed by atoms with E-state index >= 15 is 0 Å². The van der Waals surface area contributed by atoms with Crippen LogP contribution in [-0.2, 0) is 10.0 Å². The highest BCUT2D eigenvalue weighted by Gasteiger charge is 2.34. The summed E-state index contributed by atoms with van der Waals surface area (Å²) in [7, 11) is -4.58. The number of halogens is 4. The molecule has 1 fully saturated rings. The largest absolute Gasteiger partial charge is 0.437 e. The van der Waals surface area contributed by atoms with Crippen LogP contribution in [0.4, 0.5) is 24.8 Å². The first-order chi connectivity index (χ1) is 20.0. The fraction of sp³-hybridized carbons (Fsp3) is 0.345. The van der Waals surface area contributed by atoms with Crippen LogP contribution in [-0.4, -0.2) is 54.2 Å². The molecular weight excluding hydrogens is 605 g/mol. The summed E-state index contributed by atoms with van der Waals surface area (Å²) >= 11 is 0. The molecule has 5 rings (SSSR count). The molecule has 1 unspecified atom stereocenters. The SMILES string of the molecule is CCC(F)(F)CS(=O)(=O)Nc1c(F)ccc2c(Oc3ncccc3-c3ccnc(NC4CCCNC4)n3)c(C)ccc12.Cl. The van der Waals surface area contributed by atoms with Gasteiger partial charge in [0.05, 0.1) is 16.9 Å². The van der Waals surface area contributed by atoms with Gasteiger partial charge in [0.1, 0.15) is 17.3 Å². The molecule has 3 heterocycles. The fourth-order valence-electron chi connectivity index (χ4n) is 4.77. The second kappa shape index (κ2) is 13.3. The van der Waals surface area contributed by atoms with Gasteiger partial charge in [0.25, 0.3) is 5.92 Å². The molecule has 1 atom stereocenters. The van der Waals surface area contributed by atoms with Crippen LogP contribution in [0, 0.1) is 12.7 Å². The highest BCUT2D eigenvalue weighted by atomic mass is 35.5. The molecule has 2 aromatic carbocycles. The Bertz CT molecular complexity index is 1700. The number of benzene rings is 2. The quantitative estimate of drug-likeness (QED) is 0.186. The van der Waals surface area contributed by atoms with E-state index in [1.165, 1.54) is 19.1 Å². The second-order valence-corrected chi connectivity index (χ2v) is 11.9. The molecule has 4 aromatic rings. The summed E-state index contributed by atoms with van der Waals surface area (Å²) < 4.78 is 76.1. The van der Waals surface area contributed by atoms with Gasteiger partial charge in [-0.15, -0.1) is 12.4 Å². The summed E-state index contributed by atoms with van der Waals surface area (Å²) in [5.41, 5.74) is 1.36. The zero-order valence-electron chi connectivity index (χ0n) is 23.5. The summed E-state index contributed by atoms with van der Waals surface area (Å²) in [6.45, 7) is 4.75. The van der Waals surface area contributed by atoms with Crippen LogP contribution >= 0.6 is 12.4 Å². The summed E-state index contributed by atoms with van der Waals surface area (Å²) in [6.07, 6.45) is 4.59. The first kappa shape index (κ1) is 32.2. The van der Waals surface area contributed by atoms with Crippen LogP contribution in [0.25, 0.3) is 22.0 Å². The number of rotatable bonds is 10. The second-order valence-electron chi connectivity index (χ2n) is 10.2.